The molecule has 3 rings (SSSR count). The summed E-state index contributed by atoms with van der Waals surface area (Å²) in [4.78, 5) is 7.96. The highest BCUT2D eigenvalue weighted by Crippen LogP contribution is 2.28. The van der Waals surface area contributed by atoms with Crippen LogP contribution in [0.3, 0.4) is 0 Å². The van der Waals surface area contributed by atoms with Crippen molar-refractivity contribution in [3.05, 3.63) is 58.9 Å². The Hall–Kier alpha value is -1.99. The van der Waals surface area contributed by atoms with Gasteiger partial charge in [0.05, 0.1) is 15.8 Å². The van der Waals surface area contributed by atoms with E-state index in [-0.39, 0.29) is 0 Å². The first-order chi connectivity index (χ1) is 10.5. The molecule has 0 saturated carbocycles. The highest BCUT2D eigenvalue weighted by molar-refractivity contribution is 7.17. The molecule has 1 N–H and O–H groups in total. The molecule has 0 radical (unpaired) electrons. The second kappa shape index (κ2) is 6.02. The lowest BCUT2D eigenvalue weighted by Crippen LogP contribution is -2.14. The van der Waals surface area contributed by atoms with Gasteiger partial charge < -0.3 is 5.32 Å². The standard InChI is InChI=1S/C15H12F3N3S/c16-15(17,18)12-3-10(6-20-9-12)5-19-7-11-4-14-13(21-8-11)1-2-22-14/h1-4,6,8-9,19H,5,7H2. The van der Waals surface area contributed by atoms with E-state index in [1.807, 2.05) is 17.5 Å². The molecule has 0 aliphatic rings. The molecule has 3 nitrogen and oxygen atoms in total. The van der Waals surface area contributed by atoms with Gasteiger partial charge in [0.1, 0.15) is 0 Å². The average molecular weight is 323 g/mol. The molecule has 0 unspecified atom stereocenters. The first kappa shape index (κ1) is 14.9. The molecule has 0 aliphatic heterocycles. The number of pyridine rings is 2. The summed E-state index contributed by atoms with van der Waals surface area (Å²) in [6.45, 7) is 0.858. The second-order valence-corrected chi connectivity index (χ2v) is 5.78. The van der Waals surface area contributed by atoms with Gasteiger partial charge in [-0.05, 0) is 34.7 Å². The Morgan fingerprint density at radius 3 is 2.59 bits per heavy atom. The Morgan fingerprint density at radius 2 is 1.82 bits per heavy atom. The van der Waals surface area contributed by atoms with Crippen molar-refractivity contribution in [2.45, 2.75) is 19.3 Å². The first-order valence-corrected chi connectivity index (χ1v) is 7.44. The highest BCUT2D eigenvalue weighted by atomic mass is 32.1. The van der Waals surface area contributed by atoms with Crippen molar-refractivity contribution < 1.29 is 13.2 Å². The Kier molecular flexibility index (Phi) is 4.08. The van der Waals surface area contributed by atoms with Crippen molar-refractivity contribution in [3.8, 4) is 0 Å². The lowest BCUT2D eigenvalue weighted by Gasteiger charge is -2.09. The quantitative estimate of drug-likeness (QED) is 0.788. The number of rotatable bonds is 4. The lowest BCUT2D eigenvalue weighted by atomic mass is 10.2. The Morgan fingerprint density at radius 1 is 1.05 bits per heavy atom. The molecule has 3 heterocycles. The van der Waals surface area contributed by atoms with E-state index < -0.39 is 11.7 Å². The van der Waals surface area contributed by atoms with Gasteiger partial charge in [0.2, 0.25) is 0 Å². The van der Waals surface area contributed by atoms with Crippen LogP contribution in [0.15, 0.2) is 42.2 Å². The maximum absolute atomic E-state index is 12.6. The van der Waals surface area contributed by atoms with E-state index in [4.69, 9.17) is 0 Å². The molecule has 3 aromatic heterocycles. The van der Waals surface area contributed by atoms with Gasteiger partial charge in [-0.3, -0.25) is 9.97 Å². The second-order valence-electron chi connectivity index (χ2n) is 4.83. The number of fused-ring (bicyclic) bond motifs is 1. The fraction of sp³-hybridized carbons (Fsp3) is 0.200. The molecule has 0 atom stereocenters. The van der Waals surface area contributed by atoms with Crippen molar-refractivity contribution in [1.29, 1.82) is 0 Å². The van der Waals surface area contributed by atoms with Gasteiger partial charge in [0, 0.05) is 31.7 Å². The fourth-order valence-electron chi connectivity index (χ4n) is 2.07. The summed E-state index contributed by atoms with van der Waals surface area (Å²) in [5.41, 5.74) is 1.72. The third kappa shape index (κ3) is 3.42. The number of hydrogen-bond acceptors (Lipinski definition) is 4. The van der Waals surface area contributed by atoms with E-state index in [1.165, 1.54) is 6.20 Å². The minimum Gasteiger partial charge on any atom is -0.309 e. The summed E-state index contributed by atoms with van der Waals surface area (Å²) < 4.78 is 38.9. The van der Waals surface area contributed by atoms with Crippen LogP contribution in [0.2, 0.25) is 0 Å². The van der Waals surface area contributed by atoms with E-state index in [2.05, 4.69) is 15.3 Å². The van der Waals surface area contributed by atoms with Crippen LogP contribution in [-0.2, 0) is 19.3 Å². The molecule has 22 heavy (non-hydrogen) atoms. The van der Waals surface area contributed by atoms with E-state index >= 15 is 0 Å². The van der Waals surface area contributed by atoms with Crippen LogP contribution in [0.4, 0.5) is 13.2 Å². The van der Waals surface area contributed by atoms with Gasteiger partial charge in [-0.2, -0.15) is 13.2 Å². The minimum absolute atomic E-state index is 0.319. The number of nitrogens with one attached hydrogen (secondary N) is 1. The number of halogens is 3. The van der Waals surface area contributed by atoms with Crippen LogP contribution in [-0.4, -0.2) is 9.97 Å². The van der Waals surface area contributed by atoms with Gasteiger partial charge in [-0.15, -0.1) is 11.3 Å². The van der Waals surface area contributed by atoms with Crippen molar-refractivity contribution in [2.24, 2.45) is 0 Å². The van der Waals surface area contributed by atoms with Gasteiger partial charge >= 0.3 is 6.18 Å². The summed E-state index contributed by atoms with van der Waals surface area (Å²) >= 11 is 1.61. The summed E-state index contributed by atoms with van der Waals surface area (Å²) in [5.74, 6) is 0. The molecule has 114 valence electrons. The zero-order valence-electron chi connectivity index (χ0n) is 11.4. The van der Waals surface area contributed by atoms with Gasteiger partial charge in [-0.1, -0.05) is 0 Å². The number of alkyl halides is 3. The van der Waals surface area contributed by atoms with Crippen LogP contribution in [0, 0.1) is 0 Å². The van der Waals surface area contributed by atoms with Crippen molar-refractivity contribution in [2.75, 3.05) is 0 Å². The molecule has 0 bridgehead atoms. The smallest absolute Gasteiger partial charge is 0.309 e. The molecule has 0 fully saturated rings. The number of thiophene rings is 1. The summed E-state index contributed by atoms with van der Waals surface area (Å²) in [6.07, 6.45) is -0.329. The van der Waals surface area contributed by atoms with Crippen molar-refractivity contribution >= 4 is 21.6 Å². The zero-order valence-corrected chi connectivity index (χ0v) is 12.2. The van der Waals surface area contributed by atoms with Crippen molar-refractivity contribution in [1.82, 2.24) is 15.3 Å². The number of aromatic nitrogens is 2. The minimum atomic E-state index is -4.36. The Labute approximate surface area is 128 Å². The third-order valence-corrected chi connectivity index (χ3v) is 3.99. The van der Waals surface area contributed by atoms with E-state index in [9.17, 15) is 13.2 Å². The maximum Gasteiger partial charge on any atom is 0.417 e. The first-order valence-electron chi connectivity index (χ1n) is 6.56. The molecule has 0 amide bonds. The van der Waals surface area contributed by atoms with Crippen molar-refractivity contribution in [3.63, 3.8) is 0 Å². The van der Waals surface area contributed by atoms with E-state index in [1.54, 1.807) is 17.5 Å². The van der Waals surface area contributed by atoms with Crippen LogP contribution >= 0.6 is 11.3 Å². The average Bonchev–Trinajstić information content (AvgIpc) is 2.94. The normalized spacial score (nSPS) is 12.0. The van der Waals surface area contributed by atoms with Crippen LogP contribution in [0.25, 0.3) is 10.2 Å². The number of hydrogen-bond donors (Lipinski definition) is 1. The van der Waals surface area contributed by atoms with E-state index in [0.29, 0.717) is 18.7 Å². The van der Waals surface area contributed by atoms with Crippen LogP contribution in [0.5, 0.6) is 0 Å². The third-order valence-electron chi connectivity index (χ3n) is 3.14. The van der Waals surface area contributed by atoms with Gasteiger partial charge in [0.25, 0.3) is 0 Å². The zero-order chi connectivity index (χ0) is 15.6. The molecular formula is C15H12F3N3S. The maximum atomic E-state index is 12.6. The summed E-state index contributed by atoms with van der Waals surface area (Å²) in [5, 5.41) is 5.09. The molecule has 7 heteroatoms. The Balaban J connectivity index is 1.63. The molecule has 0 saturated heterocycles. The molecule has 0 aliphatic carbocycles. The SMILES string of the molecule is FC(F)(F)c1cncc(CNCc2cnc3ccsc3c2)c1. The summed E-state index contributed by atoms with van der Waals surface area (Å²) in [6, 6.07) is 5.09. The lowest BCUT2D eigenvalue weighted by molar-refractivity contribution is -0.137. The topological polar surface area (TPSA) is 37.8 Å². The number of nitrogens with zero attached hydrogens (tertiary/aromatic N) is 2. The molecule has 3 aromatic rings. The fourth-order valence-corrected chi connectivity index (χ4v) is 2.88. The van der Waals surface area contributed by atoms with Gasteiger partial charge in [-0.25, -0.2) is 0 Å². The summed E-state index contributed by atoms with van der Waals surface area (Å²) in [7, 11) is 0. The van der Waals surface area contributed by atoms with Gasteiger partial charge in [0.15, 0.2) is 0 Å². The predicted octanol–water partition coefficient (Wildman–Crippen LogP) is 4.00. The molecule has 0 spiro atoms. The predicted molar refractivity (Wildman–Crippen MR) is 79.4 cm³/mol. The largest absolute Gasteiger partial charge is 0.417 e. The van der Waals surface area contributed by atoms with E-state index in [0.717, 1.165) is 28.0 Å². The monoisotopic (exact) mass is 323 g/mol. The van der Waals surface area contributed by atoms with Crippen LogP contribution < -0.4 is 5.32 Å². The van der Waals surface area contributed by atoms with Crippen LogP contribution in [0.1, 0.15) is 16.7 Å². The Bertz CT molecular complexity index is 783. The highest BCUT2D eigenvalue weighted by Gasteiger charge is 2.30. The molecular weight excluding hydrogens is 311 g/mol. The molecule has 0 aromatic carbocycles.